The molecule has 22 heavy (non-hydrogen) atoms. The summed E-state index contributed by atoms with van der Waals surface area (Å²) in [5, 5.41) is 0. The quantitative estimate of drug-likeness (QED) is 0.813. The van der Waals surface area contributed by atoms with Crippen LogP contribution in [0, 0.1) is 0 Å². The lowest BCUT2D eigenvalue weighted by Gasteiger charge is -2.21. The lowest BCUT2D eigenvalue weighted by molar-refractivity contribution is 0.00589. The second-order valence-electron chi connectivity index (χ2n) is 5.62. The molecule has 6 heteroatoms. The van der Waals surface area contributed by atoms with E-state index in [1.54, 1.807) is 45.2 Å². The Kier molecular flexibility index (Phi) is 4.30. The van der Waals surface area contributed by atoms with E-state index in [1.165, 1.54) is 23.8 Å². The minimum atomic E-state index is -0.665. The van der Waals surface area contributed by atoms with Gasteiger partial charge in [0, 0.05) is 6.20 Å². The van der Waals surface area contributed by atoms with Gasteiger partial charge in [-0.25, -0.2) is 9.78 Å². The predicted octanol–water partition coefficient (Wildman–Crippen LogP) is 2.20. The normalized spacial score (nSPS) is 11.1. The molecule has 6 nitrogen and oxygen atoms in total. The Morgan fingerprint density at radius 3 is 2.45 bits per heavy atom. The van der Waals surface area contributed by atoms with E-state index in [-0.39, 0.29) is 11.4 Å². The zero-order valence-electron chi connectivity index (χ0n) is 13.0. The van der Waals surface area contributed by atoms with Crippen LogP contribution in [0.3, 0.4) is 0 Å². The van der Waals surface area contributed by atoms with Crippen LogP contribution in [0.1, 0.15) is 31.3 Å². The second-order valence-corrected chi connectivity index (χ2v) is 5.62. The van der Waals surface area contributed by atoms with Gasteiger partial charge in [0.1, 0.15) is 17.1 Å². The molecule has 2 aromatic heterocycles. The summed E-state index contributed by atoms with van der Waals surface area (Å²) in [5.74, 6) is -0.150. The maximum atomic E-state index is 12.5. The van der Waals surface area contributed by atoms with Gasteiger partial charge in [-0.1, -0.05) is 6.07 Å². The SMILES string of the molecule is COc1ccc(C(=O)OC(C)(C)C)n(-c2ccccn2)c1=O. The van der Waals surface area contributed by atoms with Crippen LogP contribution in [-0.2, 0) is 4.74 Å². The average molecular weight is 302 g/mol. The van der Waals surface area contributed by atoms with Gasteiger partial charge in [-0.2, -0.15) is 0 Å². The van der Waals surface area contributed by atoms with Gasteiger partial charge < -0.3 is 9.47 Å². The Hall–Kier alpha value is -2.63. The Morgan fingerprint density at radius 2 is 1.91 bits per heavy atom. The molecule has 0 fully saturated rings. The number of carbonyl (C=O) groups excluding carboxylic acids is 1. The molecule has 0 N–H and O–H groups in total. The van der Waals surface area contributed by atoms with Gasteiger partial charge >= 0.3 is 5.97 Å². The number of hydrogen-bond donors (Lipinski definition) is 0. The van der Waals surface area contributed by atoms with Crippen LogP contribution in [0.5, 0.6) is 5.75 Å². The fraction of sp³-hybridized carbons (Fsp3) is 0.312. The molecule has 0 amide bonds. The summed E-state index contributed by atoms with van der Waals surface area (Å²) >= 11 is 0. The number of ether oxygens (including phenoxy) is 2. The van der Waals surface area contributed by atoms with E-state index in [0.717, 1.165) is 0 Å². The summed E-state index contributed by atoms with van der Waals surface area (Å²) in [7, 11) is 1.40. The van der Waals surface area contributed by atoms with E-state index in [4.69, 9.17) is 9.47 Å². The number of pyridine rings is 2. The van der Waals surface area contributed by atoms with Crippen molar-refractivity contribution in [3.8, 4) is 11.6 Å². The number of nitrogens with zero attached hydrogens (tertiary/aromatic N) is 2. The highest BCUT2D eigenvalue weighted by Gasteiger charge is 2.23. The first-order valence-electron chi connectivity index (χ1n) is 6.78. The molecule has 2 heterocycles. The van der Waals surface area contributed by atoms with Crippen LogP contribution in [0.15, 0.2) is 41.3 Å². The third kappa shape index (κ3) is 3.33. The smallest absolute Gasteiger partial charge is 0.355 e. The summed E-state index contributed by atoms with van der Waals surface area (Å²) in [6, 6.07) is 8.02. The Labute approximate surface area is 128 Å². The first kappa shape index (κ1) is 15.8. The van der Waals surface area contributed by atoms with Crippen molar-refractivity contribution in [3.63, 3.8) is 0 Å². The molecule has 0 atom stereocenters. The van der Waals surface area contributed by atoms with Crippen molar-refractivity contribution in [2.75, 3.05) is 7.11 Å². The van der Waals surface area contributed by atoms with Gasteiger partial charge in [0.25, 0.3) is 5.56 Å². The number of esters is 1. The lowest BCUT2D eigenvalue weighted by Crippen LogP contribution is -2.30. The molecule has 2 rings (SSSR count). The molecule has 0 aromatic carbocycles. The summed E-state index contributed by atoms with van der Waals surface area (Å²) in [6.45, 7) is 5.28. The van der Waals surface area contributed by atoms with Crippen LogP contribution in [-0.4, -0.2) is 28.2 Å². The molecule has 0 unspecified atom stereocenters. The van der Waals surface area contributed by atoms with Gasteiger partial charge in [-0.15, -0.1) is 0 Å². The third-order valence-electron chi connectivity index (χ3n) is 2.75. The highest BCUT2D eigenvalue weighted by atomic mass is 16.6. The standard InChI is InChI=1S/C16H18N2O4/c1-16(2,3)22-15(20)11-8-9-12(21-4)14(19)18(11)13-7-5-6-10-17-13/h5-10H,1-4H3. The second kappa shape index (κ2) is 6.01. The molecule has 0 bridgehead atoms. The van der Waals surface area contributed by atoms with Crippen molar-refractivity contribution >= 4 is 5.97 Å². The molecule has 0 radical (unpaired) electrons. The highest BCUT2D eigenvalue weighted by molar-refractivity contribution is 5.88. The molecule has 116 valence electrons. The molecule has 0 spiro atoms. The topological polar surface area (TPSA) is 70.4 Å². The van der Waals surface area contributed by atoms with Crippen LogP contribution in [0.25, 0.3) is 5.82 Å². The van der Waals surface area contributed by atoms with Gasteiger partial charge in [0.2, 0.25) is 0 Å². The number of carbonyl (C=O) groups is 1. The summed E-state index contributed by atoms with van der Waals surface area (Å²) in [4.78, 5) is 29.0. The molecule has 2 aromatic rings. The summed E-state index contributed by atoms with van der Waals surface area (Å²) < 4.78 is 11.6. The largest absolute Gasteiger partial charge is 0.491 e. The van der Waals surface area contributed by atoms with Gasteiger partial charge in [0.05, 0.1) is 7.11 Å². The van der Waals surface area contributed by atoms with Crippen LogP contribution in [0.2, 0.25) is 0 Å². The molecule has 0 aliphatic rings. The highest BCUT2D eigenvalue weighted by Crippen LogP contribution is 2.15. The maximum absolute atomic E-state index is 12.5. The summed E-state index contributed by atoms with van der Waals surface area (Å²) in [5.41, 5.74) is -1.04. The Morgan fingerprint density at radius 1 is 1.18 bits per heavy atom. The number of hydrogen-bond acceptors (Lipinski definition) is 5. The molecule has 0 aliphatic heterocycles. The van der Waals surface area contributed by atoms with E-state index in [9.17, 15) is 9.59 Å². The molecule has 0 aliphatic carbocycles. The zero-order chi connectivity index (χ0) is 16.3. The van der Waals surface area contributed by atoms with Gasteiger partial charge in [-0.05, 0) is 45.0 Å². The van der Waals surface area contributed by atoms with E-state index >= 15 is 0 Å². The third-order valence-corrected chi connectivity index (χ3v) is 2.75. The number of aromatic nitrogens is 2. The van der Waals surface area contributed by atoms with Crippen molar-refractivity contribution < 1.29 is 14.3 Å². The minimum absolute atomic E-state index is 0.0967. The minimum Gasteiger partial charge on any atom is -0.491 e. The fourth-order valence-corrected chi connectivity index (χ4v) is 1.88. The molecular formula is C16H18N2O4. The predicted molar refractivity (Wildman–Crippen MR) is 81.6 cm³/mol. The van der Waals surface area contributed by atoms with Gasteiger partial charge in [-0.3, -0.25) is 9.36 Å². The summed E-state index contributed by atoms with van der Waals surface area (Å²) in [6.07, 6.45) is 1.54. The number of rotatable bonds is 3. The molecule has 0 saturated carbocycles. The lowest BCUT2D eigenvalue weighted by atomic mass is 10.2. The molecular weight excluding hydrogens is 284 g/mol. The monoisotopic (exact) mass is 302 g/mol. The zero-order valence-corrected chi connectivity index (χ0v) is 13.0. The van der Waals surface area contributed by atoms with Crippen molar-refractivity contribution in [2.45, 2.75) is 26.4 Å². The number of methoxy groups -OCH3 is 1. The van der Waals surface area contributed by atoms with Crippen molar-refractivity contribution in [2.24, 2.45) is 0 Å². The maximum Gasteiger partial charge on any atom is 0.355 e. The van der Waals surface area contributed by atoms with E-state index in [2.05, 4.69) is 4.98 Å². The first-order chi connectivity index (χ1) is 10.3. The van der Waals surface area contributed by atoms with E-state index < -0.39 is 17.1 Å². The van der Waals surface area contributed by atoms with Crippen molar-refractivity contribution in [3.05, 3.63) is 52.6 Å². The Bertz CT molecular complexity index is 730. The van der Waals surface area contributed by atoms with Crippen LogP contribution < -0.4 is 10.3 Å². The van der Waals surface area contributed by atoms with E-state index in [0.29, 0.717) is 5.82 Å². The van der Waals surface area contributed by atoms with Crippen molar-refractivity contribution in [1.29, 1.82) is 0 Å². The Balaban J connectivity index is 2.63. The molecule has 0 saturated heterocycles. The van der Waals surface area contributed by atoms with Crippen molar-refractivity contribution in [1.82, 2.24) is 9.55 Å². The first-order valence-corrected chi connectivity index (χ1v) is 6.78. The van der Waals surface area contributed by atoms with Crippen LogP contribution >= 0.6 is 0 Å². The fourth-order valence-electron chi connectivity index (χ4n) is 1.88. The van der Waals surface area contributed by atoms with Crippen LogP contribution in [0.4, 0.5) is 0 Å². The van der Waals surface area contributed by atoms with Gasteiger partial charge in [0.15, 0.2) is 5.75 Å². The average Bonchev–Trinajstić information content (AvgIpc) is 2.46. The van der Waals surface area contributed by atoms with E-state index in [1.807, 2.05) is 0 Å².